The van der Waals surface area contributed by atoms with Gasteiger partial charge in [0, 0.05) is 25.4 Å². The highest BCUT2D eigenvalue weighted by Crippen LogP contribution is 2.33. The number of aromatic nitrogens is 1. The molecule has 0 spiro atoms. The van der Waals surface area contributed by atoms with Gasteiger partial charge in [-0.3, -0.25) is 19.4 Å². The minimum atomic E-state index is -4.36. The molecule has 2 atom stereocenters. The Morgan fingerprint density at radius 3 is 2.70 bits per heavy atom. The fourth-order valence-electron chi connectivity index (χ4n) is 3.67. The van der Waals surface area contributed by atoms with Crippen LogP contribution in [0, 0.1) is 5.92 Å². The number of likely N-dealkylation sites (tertiary alicyclic amines) is 1. The molecule has 3 rings (SSSR count). The molecule has 2 fully saturated rings. The lowest BCUT2D eigenvalue weighted by atomic mass is 10.1. The molecule has 0 aromatic carbocycles. The molecule has 0 saturated carbocycles. The third-order valence-electron chi connectivity index (χ3n) is 5.07. The van der Waals surface area contributed by atoms with Crippen LogP contribution in [0.5, 0.6) is 0 Å². The van der Waals surface area contributed by atoms with Crippen molar-refractivity contribution in [3.05, 3.63) is 30.1 Å². The predicted octanol–water partition coefficient (Wildman–Crippen LogP) is 0.842. The first-order chi connectivity index (χ1) is 12.7. The van der Waals surface area contributed by atoms with Gasteiger partial charge in [0.05, 0.1) is 18.2 Å². The minimum Gasteiger partial charge on any atom is -0.331 e. The van der Waals surface area contributed by atoms with Gasteiger partial charge in [0.25, 0.3) is 15.1 Å². The molecule has 0 radical (unpaired) electrons. The van der Waals surface area contributed by atoms with Crippen LogP contribution in [0.15, 0.2) is 24.5 Å². The van der Waals surface area contributed by atoms with Crippen LogP contribution < -0.4 is 0 Å². The Morgan fingerprint density at radius 1 is 1.33 bits per heavy atom. The maximum atomic E-state index is 12.8. The van der Waals surface area contributed by atoms with Crippen LogP contribution >= 0.6 is 0 Å². The maximum absolute atomic E-state index is 12.8. The molecule has 2 unspecified atom stereocenters. The number of Topliss-reactive ketones (excluding diaryl/α,β-unsaturated/α-hetero) is 1. The van der Waals surface area contributed by atoms with Crippen LogP contribution in [0.1, 0.15) is 43.5 Å². The first-order valence-corrected chi connectivity index (χ1v) is 10.5. The Balaban J connectivity index is 1.80. The lowest BCUT2D eigenvalue weighted by Gasteiger charge is -2.24. The molecule has 1 aromatic heterocycles. The van der Waals surface area contributed by atoms with Gasteiger partial charge in [0.15, 0.2) is 5.78 Å². The standard InChI is InChI=1S/C18H23N3O5S/c1-12(2)5-6-16(23)20-9-7-14-17(20)15(22)11-21(14)27(25,26)18(24)13-4-3-8-19-10-13/h3-4,8,10,12,14,17H,5-7,9,11H2,1-2H3. The zero-order chi connectivity index (χ0) is 19.8. The number of carbonyl (C=O) groups excluding carboxylic acids is 3. The summed E-state index contributed by atoms with van der Waals surface area (Å²) in [5, 5.41) is -1.08. The van der Waals surface area contributed by atoms with E-state index in [1.165, 1.54) is 29.4 Å². The molecule has 146 valence electrons. The van der Waals surface area contributed by atoms with Gasteiger partial charge in [0.2, 0.25) is 5.91 Å². The average molecular weight is 393 g/mol. The van der Waals surface area contributed by atoms with Crippen molar-refractivity contribution in [3.63, 3.8) is 0 Å². The second-order valence-corrected chi connectivity index (χ2v) is 9.16. The van der Waals surface area contributed by atoms with E-state index in [1.54, 1.807) is 0 Å². The molecule has 8 nitrogen and oxygen atoms in total. The number of rotatable bonds is 5. The van der Waals surface area contributed by atoms with Crippen molar-refractivity contribution >= 4 is 26.8 Å². The van der Waals surface area contributed by atoms with Crippen LogP contribution in [0.4, 0.5) is 0 Å². The fourth-order valence-corrected chi connectivity index (χ4v) is 5.17. The first kappa shape index (κ1) is 19.6. The Labute approximate surface area is 158 Å². The summed E-state index contributed by atoms with van der Waals surface area (Å²) < 4.78 is 26.6. The summed E-state index contributed by atoms with van der Waals surface area (Å²) in [6.07, 6.45) is 4.02. The van der Waals surface area contributed by atoms with Gasteiger partial charge in [-0.25, -0.2) is 8.42 Å². The smallest absolute Gasteiger partial charge is 0.293 e. The number of hydrogen-bond donors (Lipinski definition) is 0. The highest BCUT2D eigenvalue weighted by Gasteiger charge is 2.54. The van der Waals surface area contributed by atoms with E-state index in [1.807, 2.05) is 13.8 Å². The molecule has 2 saturated heterocycles. The minimum absolute atomic E-state index is 0.0451. The molecule has 27 heavy (non-hydrogen) atoms. The van der Waals surface area contributed by atoms with E-state index in [-0.39, 0.29) is 23.8 Å². The van der Waals surface area contributed by atoms with Crippen LogP contribution in [0.2, 0.25) is 0 Å². The average Bonchev–Trinajstić information content (AvgIpc) is 3.21. The summed E-state index contributed by atoms with van der Waals surface area (Å²) in [6, 6.07) is 1.39. The number of carbonyl (C=O) groups is 3. The maximum Gasteiger partial charge on any atom is 0.293 e. The second kappa shape index (κ2) is 7.47. The van der Waals surface area contributed by atoms with Gasteiger partial charge in [-0.2, -0.15) is 4.31 Å². The van der Waals surface area contributed by atoms with Crippen LogP contribution in [-0.4, -0.2) is 64.6 Å². The number of hydrogen-bond acceptors (Lipinski definition) is 6. The molecule has 0 aliphatic carbocycles. The van der Waals surface area contributed by atoms with Gasteiger partial charge in [-0.1, -0.05) is 13.8 Å². The molecule has 0 bridgehead atoms. The summed E-state index contributed by atoms with van der Waals surface area (Å²) >= 11 is 0. The predicted molar refractivity (Wildman–Crippen MR) is 97.2 cm³/mol. The second-order valence-electron chi connectivity index (χ2n) is 7.37. The molecule has 2 aliphatic heterocycles. The molecular formula is C18H23N3O5S. The Bertz CT molecular complexity index is 853. The van der Waals surface area contributed by atoms with Crippen molar-refractivity contribution in [1.82, 2.24) is 14.2 Å². The van der Waals surface area contributed by atoms with E-state index in [4.69, 9.17) is 0 Å². The summed E-state index contributed by atoms with van der Waals surface area (Å²) in [5.74, 6) is -0.110. The molecule has 2 aliphatic rings. The zero-order valence-corrected chi connectivity index (χ0v) is 16.2. The summed E-state index contributed by atoms with van der Waals surface area (Å²) in [4.78, 5) is 42.7. The number of amides is 1. The van der Waals surface area contributed by atoms with E-state index >= 15 is 0 Å². The van der Waals surface area contributed by atoms with Gasteiger partial charge in [-0.15, -0.1) is 0 Å². The lowest BCUT2D eigenvalue weighted by molar-refractivity contribution is -0.136. The van der Waals surface area contributed by atoms with Crippen molar-refractivity contribution in [1.29, 1.82) is 0 Å². The van der Waals surface area contributed by atoms with Gasteiger partial charge >= 0.3 is 0 Å². The van der Waals surface area contributed by atoms with Crippen LogP contribution in [0.3, 0.4) is 0 Å². The number of ketones is 1. The van der Waals surface area contributed by atoms with Gasteiger partial charge in [-0.05, 0) is 30.9 Å². The van der Waals surface area contributed by atoms with E-state index < -0.39 is 27.2 Å². The quantitative estimate of drug-likeness (QED) is 0.734. The normalized spacial score (nSPS) is 23.1. The van der Waals surface area contributed by atoms with Gasteiger partial charge < -0.3 is 4.90 Å². The van der Waals surface area contributed by atoms with Gasteiger partial charge in [0.1, 0.15) is 6.04 Å². The third-order valence-corrected chi connectivity index (χ3v) is 6.80. The van der Waals surface area contributed by atoms with Crippen molar-refractivity contribution < 1.29 is 22.8 Å². The summed E-state index contributed by atoms with van der Waals surface area (Å²) in [5.41, 5.74) is -0.0451. The zero-order valence-electron chi connectivity index (χ0n) is 15.4. The fraction of sp³-hybridized carbons (Fsp3) is 0.556. The Morgan fingerprint density at radius 2 is 2.07 bits per heavy atom. The molecule has 0 N–H and O–H groups in total. The van der Waals surface area contributed by atoms with E-state index in [0.717, 1.165) is 4.31 Å². The number of fused-ring (bicyclic) bond motifs is 1. The van der Waals surface area contributed by atoms with Crippen molar-refractivity contribution in [2.45, 2.75) is 45.2 Å². The Kier molecular flexibility index (Phi) is 5.43. The summed E-state index contributed by atoms with van der Waals surface area (Å²) in [6.45, 7) is 3.97. The van der Waals surface area contributed by atoms with Crippen molar-refractivity contribution in [3.8, 4) is 0 Å². The molecule has 3 heterocycles. The van der Waals surface area contributed by atoms with Crippen LogP contribution in [0.25, 0.3) is 0 Å². The summed E-state index contributed by atoms with van der Waals surface area (Å²) in [7, 11) is -4.36. The molecule has 1 aromatic rings. The van der Waals surface area contributed by atoms with Crippen LogP contribution in [-0.2, 0) is 19.6 Å². The SMILES string of the molecule is CC(C)CCC(=O)N1CCC2C1C(=O)CN2S(=O)(=O)C(=O)c1cccnc1. The topological polar surface area (TPSA) is 105 Å². The lowest BCUT2D eigenvalue weighted by Crippen LogP contribution is -2.44. The van der Waals surface area contributed by atoms with E-state index in [2.05, 4.69) is 4.98 Å². The van der Waals surface area contributed by atoms with E-state index in [9.17, 15) is 22.8 Å². The highest BCUT2D eigenvalue weighted by atomic mass is 32.2. The van der Waals surface area contributed by atoms with Crippen molar-refractivity contribution in [2.24, 2.45) is 5.92 Å². The number of sulfonamides is 1. The molecule has 1 amide bonds. The first-order valence-electron chi connectivity index (χ1n) is 9.02. The largest absolute Gasteiger partial charge is 0.331 e. The number of nitrogens with zero attached hydrogens (tertiary/aromatic N) is 3. The van der Waals surface area contributed by atoms with E-state index in [0.29, 0.717) is 31.7 Å². The monoisotopic (exact) mass is 393 g/mol. The number of pyridine rings is 1. The Hall–Kier alpha value is -2.13. The third kappa shape index (κ3) is 3.66. The molecule has 9 heteroatoms. The molecular weight excluding hydrogens is 370 g/mol. The van der Waals surface area contributed by atoms with Crippen molar-refractivity contribution in [2.75, 3.05) is 13.1 Å². The highest BCUT2D eigenvalue weighted by molar-refractivity contribution is 8.04.